The first-order valence-corrected chi connectivity index (χ1v) is 11.5. The summed E-state index contributed by atoms with van der Waals surface area (Å²) in [7, 11) is 0. The molecule has 0 unspecified atom stereocenters. The number of amides is 2. The molecule has 0 radical (unpaired) electrons. The first-order valence-electron chi connectivity index (χ1n) is 11.5. The van der Waals surface area contributed by atoms with Crippen molar-refractivity contribution < 1.29 is 23.9 Å². The molecule has 0 spiro atoms. The number of nitrogens with zero attached hydrogens (tertiary/aromatic N) is 1. The first kappa shape index (κ1) is 26.2. The van der Waals surface area contributed by atoms with E-state index in [2.05, 4.69) is 15.8 Å². The summed E-state index contributed by atoms with van der Waals surface area (Å²) in [4.78, 5) is 36.9. The summed E-state index contributed by atoms with van der Waals surface area (Å²) < 4.78 is 11.1. The molecule has 3 rings (SSSR count). The lowest BCUT2D eigenvalue weighted by atomic mass is 9.95. The minimum atomic E-state index is -0.519. The molecule has 0 aliphatic rings. The largest absolute Gasteiger partial charge is 0.490 e. The fourth-order valence-corrected chi connectivity index (χ4v) is 2.94. The fraction of sp³-hybridized carbons (Fsp3) is 0.214. The minimum absolute atomic E-state index is 0.114. The second kappa shape index (κ2) is 11.8. The molecule has 0 saturated carbocycles. The van der Waals surface area contributed by atoms with Gasteiger partial charge in [-0.15, -0.1) is 0 Å². The third kappa shape index (κ3) is 7.27. The second-order valence-electron chi connectivity index (χ2n) is 8.88. The molecule has 8 nitrogen and oxygen atoms in total. The van der Waals surface area contributed by atoms with Crippen LogP contribution >= 0.6 is 0 Å². The summed E-state index contributed by atoms with van der Waals surface area (Å²) in [6.07, 6.45) is 1.46. The summed E-state index contributed by atoms with van der Waals surface area (Å²) in [5.74, 6) is -0.348. The van der Waals surface area contributed by atoms with Gasteiger partial charge in [-0.1, -0.05) is 39.0 Å². The van der Waals surface area contributed by atoms with Crippen molar-refractivity contribution in [2.45, 2.75) is 27.7 Å². The Hall–Kier alpha value is -4.46. The zero-order valence-corrected chi connectivity index (χ0v) is 20.7. The van der Waals surface area contributed by atoms with Gasteiger partial charge in [0.25, 0.3) is 5.91 Å². The van der Waals surface area contributed by atoms with E-state index in [-0.39, 0.29) is 11.7 Å². The monoisotopic (exact) mass is 487 g/mol. The topological polar surface area (TPSA) is 106 Å². The molecule has 3 aromatic carbocycles. The van der Waals surface area contributed by atoms with Crippen molar-refractivity contribution in [3.63, 3.8) is 0 Å². The number of rotatable bonds is 8. The number of anilines is 1. The highest BCUT2D eigenvalue weighted by atomic mass is 16.6. The van der Waals surface area contributed by atoms with E-state index in [9.17, 15) is 14.4 Å². The summed E-state index contributed by atoms with van der Waals surface area (Å²) in [5.41, 5.74) is 4.01. The van der Waals surface area contributed by atoms with Crippen LogP contribution in [0.15, 0.2) is 77.9 Å². The Labute approximate surface area is 210 Å². The maximum Gasteiger partial charge on any atom is 0.343 e. The van der Waals surface area contributed by atoms with Crippen molar-refractivity contribution in [2.24, 2.45) is 10.5 Å². The van der Waals surface area contributed by atoms with Crippen molar-refractivity contribution in [1.29, 1.82) is 0 Å². The predicted octanol–water partition coefficient (Wildman–Crippen LogP) is 5.05. The highest BCUT2D eigenvalue weighted by molar-refractivity contribution is 5.97. The molecule has 186 valence electrons. The molecule has 0 fully saturated rings. The highest BCUT2D eigenvalue weighted by Gasteiger charge is 2.21. The van der Waals surface area contributed by atoms with Crippen molar-refractivity contribution >= 4 is 29.7 Å². The molecule has 0 saturated heterocycles. The molecular weight excluding hydrogens is 458 g/mol. The molecule has 0 bridgehead atoms. The Bertz CT molecular complexity index is 1250. The van der Waals surface area contributed by atoms with E-state index in [0.29, 0.717) is 34.7 Å². The molecule has 0 heterocycles. The van der Waals surface area contributed by atoms with Crippen LogP contribution in [-0.4, -0.2) is 30.6 Å². The van der Waals surface area contributed by atoms with E-state index in [0.717, 1.165) is 0 Å². The molecule has 8 heteroatoms. The van der Waals surface area contributed by atoms with Crippen LogP contribution in [0.1, 0.15) is 54.0 Å². The smallest absolute Gasteiger partial charge is 0.343 e. The normalized spacial score (nSPS) is 11.1. The Kier molecular flexibility index (Phi) is 8.57. The summed E-state index contributed by atoms with van der Waals surface area (Å²) in [6.45, 7) is 7.67. The van der Waals surface area contributed by atoms with Gasteiger partial charge in [-0.25, -0.2) is 10.2 Å². The number of ether oxygens (including phenoxy) is 2. The number of hydrogen-bond donors (Lipinski definition) is 2. The van der Waals surface area contributed by atoms with Crippen LogP contribution < -0.4 is 20.2 Å². The van der Waals surface area contributed by atoms with E-state index in [1.807, 2.05) is 33.8 Å². The molecule has 0 aliphatic carbocycles. The predicted molar refractivity (Wildman–Crippen MR) is 139 cm³/mol. The van der Waals surface area contributed by atoms with E-state index in [1.165, 1.54) is 6.21 Å². The van der Waals surface area contributed by atoms with Gasteiger partial charge in [0.1, 0.15) is 0 Å². The van der Waals surface area contributed by atoms with Crippen LogP contribution in [0.25, 0.3) is 0 Å². The van der Waals surface area contributed by atoms with Crippen molar-refractivity contribution in [1.82, 2.24) is 5.43 Å². The van der Waals surface area contributed by atoms with Gasteiger partial charge in [-0.3, -0.25) is 9.59 Å². The lowest BCUT2D eigenvalue weighted by Gasteiger charge is -2.17. The SMILES string of the molecule is CCOc1cc(/C=N/NC(=O)c2ccc(NC(=O)C(C)(C)C)cc2)ccc1OC(=O)c1ccccc1. The van der Waals surface area contributed by atoms with Crippen LogP contribution in [0.3, 0.4) is 0 Å². The lowest BCUT2D eigenvalue weighted by molar-refractivity contribution is -0.123. The lowest BCUT2D eigenvalue weighted by Crippen LogP contribution is -2.27. The maximum absolute atomic E-state index is 12.4. The summed E-state index contributed by atoms with van der Waals surface area (Å²) in [5, 5.41) is 6.81. The molecule has 0 aromatic heterocycles. The third-order valence-electron chi connectivity index (χ3n) is 4.95. The third-order valence-corrected chi connectivity index (χ3v) is 4.95. The molecular formula is C28H29N3O5. The van der Waals surface area contributed by atoms with Gasteiger partial charge in [-0.05, 0) is 67.1 Å². The van der Waals surface area contributed by atoms with E-state index in [1.54, 1.807) is 66.7 Å². The average Bonchev–Trinajstić information content (AvgIpc) is 2.86. The van der Waals surface area contributed by atoms with E-state index in [4.69, 9.17) is 9.47 Å². The molecule has 2 amide bonds. The number of hydrazone groups is 1. The Morgan fingerprint density at radius 1 is 0.889 bits per heavy atom. The number of carbonyl (C=O) groups is 3. The van der Waals surface area contributed by atoms with Gasteiger partial charge in [0.15, 0.2) is 11.5 Å². The first-order chi connectivity index (χ1) is 17.2. The van der Waals surface area contributed by atoms with E-state index < -0.39 is 17.3 Å². The van der Waals surface area contributed by atoms with Gasteiger partial charge in [0.05, 0.1) is 18.4 Å². The summed E-state index contributed by atoms with van der Waals surface area (Å²) in [6, 6.07) is 20.2. The molecule has 3 aromatic rings. The molecule has 36 heavy (non-hydrogen) atoms. The van der Waals surface area contributed by atoms with Gasteiger partial charge < -0.3 is 14.8 Å². The van der Waals surface area contributed by atoms with Crippen LogP contribution in [0.5, 0.6) is 11.5 Å². The van der Waals surface area contributed by atoms with Gasteiger partial charge >= 0.3 is 5.97 Å². The highest BCUT2D eigenvalue weighted by Crippen LogP contribution is 2.29. The van der Waals surface area contributed by atoms with Crippen molar-refractivity contribution in [3.8, 4) is 11.5 Å². The average molecular weight is 488 g/mol. The minimum Gasteiger partial charge on any atom is -0.490 e. The number of esters is 1. The van der Waals surface area contributed by atoms with Gasteiger partial charge in [0, 0.05) is 16.7 Å². The van der Waals surface area contributed by atoms with Crippen LogP contribution in [0.4, 0.5) is 5.69 Å². The van der Waals surface area contributed by atoms with Crippen molar-refractivity contribution in [3.05, 3.63) is 89.5 Å². The zero-order valence-electron chi connectivity index (χ0n) is 20.7. The maximum atomic E-state index is 12.4. The molecule has 0 atom stereocenters. The summed E-state index contributed by atoms with van der Waals surface area (Å²) >= 11 is 0. The van der Waals surface area contributed by atoms with Crippen LogP contribution in [-0.2, 0) is 4.79 Å². The number of hydrogen-bond acceptors (Lipinski definition) is 6. The fourth-order valence-electron chi connectivity index (χ4n) is 2.94. The van der Waals surface area contributed by atoms with E-state index >= 15 is 0 Å². The Morgan fingerprint density at radius 2 is 1.58 bits per heavy atom. The van der Waals surface area contributed by atoms with Gasteiger partial charge in [-0.2, -0.15) is 5.10 Å². The van der Waals surface area contributed by atoms with Crippen molar-refractivity contribution in [2.75, 3.05) is 11.9 Å². The number of nitrogens with one attached hydrogen (secondary N) is 2. The van der Waals surface area contributed by atoms with Crippen LogP contribution in [0.2, 0.25) is 0 Å². The number of benzene rings is 3. The second-order valence-corrected chi connectivity index (χ2v) is 8.88. The Balaban J connectivity index is 1.62. The quantitative estimate of drug-likeness (QED) is 0.200. The molecule has 2 N–H and O–H groups in total. The van der Waals surface area contributed by atoms with Gasteiger partial charge in [0.2, 0.25) is 5.91 Å². The number of carbonyl (C=O) groups excluding carboxylic acids is 3. The van der Waals surface area contributed by atoms with Crippen LogP contribution in [0, 0.1) is 5.41 Å². The molecule has 0 aliphatic heterocycles. The zero-order chi connectivity index (χ0) is 26.1. The standard InChI is InChI=1S/C28H29N3O5/c1-5-35-24-17-19(11-16-23(24)36-26(33)21-9-7-6-8-10-21)18-29-31-25(32)20-12-14-22(15-13-20)30-27(34)28(2,3)4/h6-18H,5H2,1-4H3,(H,30,34)(H,31,32)/b29-18+. The Morgan fingerprint density at radius 3 is 2.22 bits per heavy atom.